The fourth-order valence-electron chi connectivity index (χ4n) is 3.48. The number of ether oxygens (including phenoxy) is 2. The third-order valence-electron chi connectivity index (χ3n) is 5.15. The van der Waals surface area contributed by atoms with Gasteiger partial charge in [0.1, 0.15) is 17.2 Å². The summed E-state index contributed by atoms with van der Waals surface area (Å²) in [6.45, 7) is 1.15. The molecule has 1 aliphatic heterocycles. The summed E-state index contributed by atoms with van der Waals surface area (Å²) in [5, 5.41) is 4.76. The predicted octanol–water partition coefficient (Wildman–Crippen LogP) is 2.16. The van der Waals surface area contributed by atoms with Crippen LogP contribution in [0.1, 0.15) is 10.4 Å². The summed E-state index contributed by atoms with van der Waals surface area (Å²) in [6.07, 6.45) is 1.47. The second kappa shape index (κ2) is 7.60. The molecule has 9 heteroatoms. The van der Waals surface area contributed by atoms with Crippen molar-refractivity contribution < 1.29 is 14.3 Å². The lowest BCUT2D eigenvalue weighted by atomic mass is 10.1. The first-order valence-electron chi connectivity index (χ1n) is 9.76. The first kappa shape index (κ1) is 18.9. The number of H-pyrrole nitrogens is 1. The molecule has 0 spiro atoms. The summed E-state index contributed by atoms with van der Waals surface area (Å²) in [7, 11) is 1.35. The Bertz CT molecular complexity index is 1290. The van der Waals surface area contributed by atoms with Gasteiger partial charge in [0, 0.05) is 0 Å². The third kappa shape index (κ3) is 3.50. The van der Waals surface area contributed by atoms with Gasteiger partial charge in [0.15, 0.2) is 5.65 Å². The number of methoxy groups -OCH3 is 1. The minimum absolute atomic E-state index is 0.0518. The van der Waals surface area contributed by atoms with E-state index in [9.17, 15) is 9.59 Å². The zero-order chi connectivity index (χ0) is 21.4. The summed E-state index contributed by atoms with van der Waals surface area (Å²) in [6, 6.07) is 16.4. The van der Waals surface area contributed by atoms with Gasteiger partial charge in [-0.2, -0.15) is 10.1 Å². The lowest BCUT2D eigenvalue weighted by Crippen LogP contribution is -2.55. The molecule has 5 rings (SSSR count). The molecule has 31 heavy (non-hydrogen) atoms. The average molecular weight is 417 g/mol. The number of aromatic amines is 1. The van der Waals surface area contributed by atoms with E-state index in [4.69, 9.17) is 9.47 Å². The smallest absolute Gasteiger partial charge is 0.337 e. The van der Waals surface area contributed by atoms with Gasteiger partial charge in [-0.15, -0.1) is 0 Å². The van der Waals surface area contributed by atoms with Crippen LogP contribution in [0.2, 0.25) is 0 Å². The molecule has 2 aromatic heterocycles. The monoisotopic (exact) mass is 417 g/mol. The molecule has 0 unspecified atom stereocenters. The molecule has 0 amide bonds. The van der Waals surface area contributed by atoms with Crippen LogP contribution in [-0.4, -0.2) is 52.0 Å². The van der Waals surface area contributed by atoms with E-state index in [0.29, 0.717) is 41.4 Å². The molecular weight excluding hydrogens is 398 g/mol. The van der Waals surface area contributed by atoms with Crippen molar-refractivity contribution in [3.63, 3.8) is 0 Å². The van der Waals surface area contributed by atoms with Crippen LogP contribution in [0, 0.1) is 0 Å². The van der Waals surface area contributed by atoms with Gasteiger partial charge in [-0.1, -0.05) is 18.2 Å². The van der Waals surface area contributed by atoms with E-state index in [0.717, 1.165) is 5.69 Å². The zero-order valence-electron chi connectivity index (χ0n) is 16.7. The van der Waals surface area contributed by atoms with Gasteiger partial charge in [0.05, 0.1) is 37.6 Å². The van der Waals surface area contributed by atoms with Crippen molar-refractivity contribution in [3.05, 3.63) is 76.7 Å². The lowest BCUT2D eigenvalue weighted by Gasteiger charge is -2.39. The van der Waals surface area contributed by atoms with Crippen LogP contribution in [0.5, 0.6) is 5.75 Å². The molecular formula is C22H19N5O4. The maximum atomic E-state index is 12.5. The van der Waals surface area contributed by atoms with Gasteiger partial charge in [-0.05, 0) is 36.4 Å². The normalized spacial score (nSPS) is 13.8. The Morgan fingerprint density at radius 3 is 2.55 bits per heavy atom. The standard InChI is InChI=1S/C22H19N5O4/c1-30-21(29)14-7-9-16(10-8-14)31-17-12-26(13-17)22-24-19-18(20(28)25-22)11-23-27(19)15-5-3-2-4-6-15/h2-11,17H,12-13H2,1H3,(H,24,25,28). The second-order valence-electron chi connectivity index (χ2n) is 7.18. The Morgan fingerprint density at radius 2 is 1.84 bits per heavy atom. The number of para-hydroxylation sites is 1. The van der Waals surface area contributed by atoms with E-state index >= 15 is 0 Å². The summed E-state index contributed by atoms with van der Waals surface area (Å²) >= 11 is 0. The fourth-order valence-corrected chi connectivity index (χ4v) is 3.48. The number of rotatable bonds is 5. The molecule has 0 radical (unpaired) electrons. The molecule has 0 atom stereocenters. The number of benzene rings is 2. The van der Waals surface area contributed by atoms with Crippen LogP contribution in [0.25, 0.3) is 16.7 Å². The van der Waals surface area contributed by atoms with Gasteiger partial charge in [-0.3, -0.25) is 9.78 Å². The van der Waals surface area contributed by atoms with Gasteiger partial charge >= 0.3 is 5.97 Å². The number of hydrogen-bond acceptors (Lipinski definition) is 7. The maximum Gasteiger partial charge on any atom is 0.337 e. The molecule has 1 fully saturated rings. The van der Waals surface area contributed by atoms with E-state index in [1.165, 1.54) is 13.3 Å². The van der Waals surface area contributed by atoms with Gasteiger partial charge in [-0.25, -0.2) is 9.48 Å². The Hall–Kier alpha value is -4.14. The van der Waals surface area contributed by atoms with E-state index in [1.807, 2.05) is 35.2 Å². The second-order valence-corrected chi connectivity index (χ2v) is 7.18. The van der Waals surface area contributed by atoms with E-state index < -0.39 is 0 Å². The maximum absolute atomic E-state index is 12.5. The molecule has 1 aliphatic rings. The largest absolute Gasteiger partial charge is 0.487 e. The molecule has 1 saturated heterocycles. The Kier molecular flexibility index (Phi) is 4.62. The van der Waals surface area contributed by atoms with E-state index in [2.05, 4.69) is 15.1 Å². The number of anilines is 1. The van der Waals surface area contributed by atoms with Crippen LogP contribution in [0.15, 0.2) is 65.6 Å². The van der Waals surface area contributed by atoms with Crippen molar-refractivity contribution >= 4 is 23.0 Å². The highest BCUT2D eigenvalue weighted by atomic mass is 16.5. The van der Waals surface area contributed by atoms with Crippen LogP contribution >= 0.6 is 0 Å². The fraction of sp³-hybridized carbons (Fsp3) is 0.182. The van der Waals surface area contributed by atoms with Crippen LogP contribution in [-0.2, 0) is 4.74 Å². The van der Waals surface area contributed by atoms with Gasteiger partial charge < -0.3 is 14.4 Å². The van der Waals surface area contributed by atoms with Crippen molar-refractivity contribution in [2.24, 2.45) is 0 Å². The minimum Gasteiger partial charge on any atom is -0.487 e. The summed E-state index contributed by atoms with van der Waals surface area (Å²) < 4.78 is 12.3. The highest BCUT2D eigenvalue weighted by molar-refractivity contribution is 5.89. The SMILES string of the molecule is COC(=O)c1ccc(OC2CN(c3nc4c(cnn4-c4ccccc4)c(=O)[nH]3)C2)cc1. The minimum atomic E-state index is -0.387. The van der Waals surface area contributed by atoms with Crippen LogP contribution in [0.3, 0.4) is 0 Å². The molecule has 0 saturated carbocycles. The molecule has 0 aliphatic carbocycles. The number of fused-ring (bicyclic) bond motifs is 1. The summed E-state index contributed by atoms with van der Waals surface area (Å²) in [5.74, 6) is 0.758. The van der Waals surface area contributed by atoms with Crippen LogP contribution < -0.4 is 15.2 Å². The average Bonchev–Trinajstić information content (AvgIpc) is 3.21. The molecule has 9 nitrogen and oxygen atoms in total. The topological polar surface area (TPSA) is 102 Å². The van der Waals surface area contributed by atoms with Crippen molar-refractivity contribution in [2.45, 2.75) is 6.10 Å². The predicted molar refractivity (Wildman–Crippen MR) is 114 cm³/mol. The Labute approximate surface area is 176 Å². The number of carbonyl (C=O) groups is 1. The quantitative estimate of drug-likeness (QED) is 0.497. The number of nitrogens with zero attached hydrogens (tertiary/aromatic N) is 4. The highest BCUT2D eigenvalue weighted by Gasteiger charge is 2.31. The zero-order valence-corrected chi connectivity index (χ0v) is 16.7. The van der Waals surface area contributed by atoms with Crippen LogP contribution in [0.4, 0.5) is 5.95 Å². The van der Waals surface area contributed by atoms with Crippen molar-refractivity contribution in [2.75, 3.05) is 25.1 Å². The van der Waals surface area contributed by atoms with E-state index in [1.54, 1.807) is 28.9 Å². The first-order valence-corrected chi connectivity index (χ1v) is 9.76. The van der Waals surface area contributed by atoms with E-state index in [-0.39, 0.29) is 17.6 Å². The molecule has 3 heterocycles. The molecule has 156 valence electrons. The Morgan fingerprint density at radius 1 is 1.10 bits per heavy atom. The molecule has 2 aromatic carbocycles. The number of aromatic nitrogens is 4. The molecule has 4 aromatic rings. The van der Waals surface area contributed by atoms with Gasteiger partial charge in [0.2, 0.25) is 5.95 Å². The van der Waals surface area contributed by atoms with Crippen molar-refractivity contribution in [1.29, 1.82) is 0 Å². The number of carbonyl (C=O) groups excluding carboxylic acids is 1. The number of esters is 1. The third-order valence-corrected chi connectivity index (χ3v) is 5.15. The summed E-state index contributed by atoms with van der Waals surface area (Å²) in [4.78, 5) is 33.5. The van der Waals surface area contributed by atoms with Crippen molar-refractivity contribution in [1.82, 2.24) is 19.7 Å². The lowest BCUT2D eigenvalue weighted by molar-refractivity contribution is 0.0600. The first-order chi connectivity index (χ1) is 15.1. The number of nitrogens with one attached hydrogen (secondary N) is 1. The van der Waals surface area contributed by atoms with Crippen molar-refractivity contribution in [3.8, 4) is 11.4 Å². The number of hydrogen-bond donors (Lipinski definition) is 1. The highest BCUT2D eigenvalue weighted by Crippen LogP contribution is 2.23. The molecule has 1 N–H and O–H groups in total. The van der Waals surface area contributed by atoms with Gasteiger partial charge in [0.25, 0.3) is 5.56 Å². The summed E-state index contributed by atoms with van der Waals surface area (Å²) in [5.41, 5.74) is 1.58. The Balaban J connectivity index is 1.31. The molecule has 0 bridgehead atoms.